The maximum atomic E-state index is 3.38. The Kier molecular flexibility index (Phi) is 5.19. The highest BCUT2D eigenvalue weighted by atomic mass is 14.8. The molecule has 0 aromatic carbocycles. The molecule has 1 heteroatoms. The third kappa shape index (κ3) is 3.77. The summed E-state index contributed by atoms with van der Waals surface area (Å²) in [7, 11) is 1.99. The first-order valence-electron chi connectivity index (χ1n) is 6.27. The molecule has 0 spiro atoms. The molecule has 0 bridgehead atoms. The molecule has 1 nitrogen and oxygen atoms in total. The highest BCUT2D eigenvalue weighted by Crippen LogP contribution is 2.28. The molecule has 1 aliphatic rings. The van der Waals surface area contributed by atoms with Gasteiger partial charge in [-0.05, 0) is 38.7 Å². The van der Waals surface area contributed by atoms with Gasteiger partial charge in [-0.15, -0.1) is 0 Å². The van der Waals surface area contributed by atoms with Gasteiger partial charge >= 0.3 is 0 Å². The molecule has 0 heterocycles. The standard InChI is InChI=1S/C15H23N/c1-5-7-14(15(6-2)16-4)12(3)8-9-13-10-11-13/h5,7,12-13,16H,6,10-11H2,1-4H3/b7-5-,15-14-. The predicted octanol–water partition coefficient (Wildman–Crippen LogP) is 3.50. The van der Waals surface area contributed by atoms with Crippen LogP contribution >= 0.6 is 0 Å². The van der Waals surface area contributed by atoms with E-state index in [1.165, 1.54) is 24.1 Å². The summed E-state index contributed by atoms with van der Waals surface area (Å²) in [6.07, 6.45) is 7.91. The topological polar surface area (TPSA) is 12.0 Å². The molecule has 16 heavy (non-hydrogen) atoms. The second-order valence-corrected chi connectivity index (χ2v) is 4.32. The van der Waals surface area contributed by atoms with Crippen molar-refractivity contribution in [3.8, 4) is 11.8 Å². The Morgan fingerprint density at radius 3 is 2.62 bits per heavy atom. The van der Waals surface area contributed by atoms with Gasteiger partial charge in [-0.3, -0.25) is 0 Å². The summed E-state index contributed by atoms with van der Waals surface area (Å²) in [6, 6.07) is 0. The molecular weight excluding hydrogens is 194 g/mol. The molecule has 1 fully saturated rings. The lowest BCUT2D eigenvalue weighted by atomic mass is 9.97. The van der Waals surface area contributed by atoms with E-state index in [9.17, 15) is 0 Å². The molecule has 0 radical (unpaired) electrons. The van der Waals surface area contributed by atoms with Gasteiger partial charge in [0, 0.05) is 24.6 Å². The van der Waals surface area contributed by atoms with E-state index in [2.05, 4.69) is 50.1 Å². The van der Waals surface area contributed by atoms with E-state index < -0.39 is 0 Å². The van der Waals surface area contributed by atoms with Crippen LogP contribution in [0, 0.1) is 23.7 Å². The Balaban J connectivity index is 2.83. The maximum absolute atomic E-state index is 3.38. The van der Waals surface area contributed by atoms with Gasteiger partial charge in [0.05, 0.1) is 0 Å². The number of nitrogens with one attached hydrogen (secondary N) is 1. The van der Waals surface area contributed by atoms with Crippen molar-refractivity contribution in [3.63, 3.8) is 0 Å². The lowest BCUT2D eigenvalue weighted by Gasteiger charge is -2.13. The van der Waals surface area contributed by atoms with E-state index >= 15 is 0 Å². The van der Waals surface area contributed by atoms with E-state index in [4.69, 9.17) is 0 Å². The second kappa shape index (κ2) is 6.43. The summed E-state index contributed by atoms with van der Waals surface area (Å²) in [4.78, 5) is 0. The first kappa shape index (κ1) is 12.9. The molecule has 1 unspecified atom stereocenters. The normalized spacial score (nSPS) is 18.8. The monoisotopic (exact) mass is 217 g/mol. The van der Waals surface area contributed by atoms with Crippen LogP contribution in [-0.2, 0) is 0 Å². The summed E-state index contributed by atoms with van der Waals surface area (Å²) in [5, 5.41) is 3.28. The quantitative estimate of drug-likeness (QED) is 0.561. The maximum Gasteiger partial charge on any atom is 0.0441 e. The van der Waals surface area contributed by atoms with Gasteiger partial charge in [0.25, 0.3) is 0 Å². The molecule has 0 aromatic heterocycles. The first-order chi connectivity index (χ1) is 7.72. The van der Waals surface area contributed by atoms with Crippen LogP contribution in [0.2, 0.25) is 0 Å². The summed E-state index contributed by atoms with van der Waals surface area (Å²) in [5.41, 5.74) is 2.64. The van der Waals surface area contributed by atoms with Gasteiger partial charge in [0.2, 0.25) is 0 Å². The van der Waals surface area contributed by atoms with Gasteiger partial charge in [-0.1, -0.05) is 30.9 Å². The van der Waals surface area contributed by atoms with Crippen LogP contribution in [0.15, 0.2) is 23.4 Å². The molecule has 0 saturated heterocycles. The second-order valence-electron chi connectivity index (χ2n) is 4.32. The van der Waals surface area contributed by atoms with Crippen LogP contribution in [0.4, 0.5) is 0 Å². The van der Waals surface area contributed by atoms with E-state index in [0.29, 0.717) is 11.8 Å². The minimum absolute atomic E-state index is 0.333. The van der Waals surface area contributed by atoms with Crippen molar-refractivity contribution in [2.24, 2.45) is 11.8 Å². The van der Waals surface area contributed by atoms with Gasteiger partial charge < -0.3 is 5.32 Å². The first-order valence-corrected chi connectivity index (χ1v) is 6.27. The van der Waals surface area contributed by atoms with Crippen molar-refractivity contribution in [2.45, 2.75) is 40.0 Å². The van der Waals surface area contributed by atoms with E-state index in [-0.39, 0.29) is 0 Å². The number of hydrogen-bond acceptors (Lipinski definition) is 1. The van der Waals surface area contributed by atoms with Crippen molar-refractivity contribution in [1.29, 1.82) is 0 Å². The van der Waals surface area contributed by atoms with Crippen LogP contribution in [0.25, 0.3) is 0 Å². The van der Waals surface area contributed by atoms with Crippen molar-refractivity contribution in [3.05, 3.63) is 23.4 Å². The molecule has 0 amide bonds. The van der Waals surface area contributed by atoms with E-state index in [1.807, 2.05) is 7.05 Å². The fourth-order valence-electron chi connectivity index (χ4n) is 1.76. The van der Waals surface area contributed by atoms with Crippen molar-refractivity contribution >= 4 is 0 Å². The third-order valence-corrected chi connectivity index (χ3v) is 2.90. The third-order valence-electron chi connectivity index (χ3n) is 2.90. The molecule has 88 valence electrons. The number of rotatable bonds is 4. The van der Waals surface area contributed by atoms with Crippen LogP contribution in [-0.4, -0.2) is 7.05 Å². The smallest absolute Gasteiger partial charge is 0.0441 e. The highest BCUT2D eigenvalue weighted by Gasteiger charge is 2.18. The Morgan fingerprint density at radius 2 is 2.19 bits per heavy atom. The largest absolute Gasteiger partial charge is 0.391 e. The zero-order chi connectivity index (χ0) is 12.0. The SMILES string of the molecule is C/C=C\C(=C(/CC)NC)C(C)C#CC1CC1. The Bertz CT molecular complexity index is 328. The van der Waals surface area contributed by atoms with E-state index in [0.717, 1.165) is 6.42 Å². The minimum Gasteiger partial charge on any atom is -0.391 e. The van der Waals surface area contributed by atoms with Crippen molar-refractivity contribution in [2.75, 3.05) is 7.05 Å². The van der Waals surface area contributed by atoms with Gasteiger partial charge in [0.1, 0.15) is 0 Å². The minimum atomic E-state index is 0.333. The lowest BCUT2D eigenvalue weighted by molar-refractivity contribution is 0.815. The lowest BCUT2D eigenvalue weighted by Crippen LogP contribution is -2.11. The zero-order valence-electron chi connectivity index (χ0n) is 10.9. The summed E-state index contributed by atoms with van der Waals surface area (Å²) >= 11 is 0. The molecule has 1 rings (SSSR count). The summed E-state index contributed by atoms with van der Waals surface area (Å²) in [6.45, 7) is 6.43. The molecule has 1 N–H and O–H groups in total. The number of allylic oxidation sites excluding steroid dienone is 4. The Morgan fingerprint density at radius 1 is 1.50 bits per heavy atom. The van der Waals surface area contributed by atoms with Crippen molar-refractivity contribution < 1.29 is 0 Å². The summed E-state index contributed by atoms with van der Waals surface area (Å²) < 4.78 is 0. The average Bonchev–Trinajstić information content (AvgIpc) is 3.10. The molecule has 1 aliphatic carbocycles. The Hall–Kier alpha value is -1.16. The fourth-order valence-corrected chi connectivity index (χ4v) is 1.76. The zero-order valence-corrected chi connectivity index (χ0v) is 10.9. The van der Waals surface area contributed by atoms with Crippen LogP contribution in [0.1, 0.15) is 40.0 Å². The van der Waals surface area contributed by atoms with E-state index in [1.54, 1.807) is 0 Å². The van der Waals surface area contributed by atoms with Crippen LogP contribution in [0.5, 0.6) is 0 Å². The highest BCUT2D eigenvalue weighted by molar-refractivity contribution is 5.32. The predicted molar refractivity (Wildman–Crippen MR) is 70.9 cm³/mol. The van der Waals surface area contributed by atoms with Crippen LogP contribution < -0.4 is 5.32 Å². The Labute approximate surface area is 100 Å². The fraction of sp³-hybridized carbons (Fsp3) is 0.600. The molecule has 0 aromatic rings. The average molecular weight is 217 g/mol. The van der Waals surface area contributed by atoms with Gasteiger partial charge in [-0.25, -0.2) is 0 Å². The van der Waals surface area contributed by atoms with Crippen LogP contribution in [0.3, 0.4) is 0 Å². The molecule has 1 saturated carbocycles. The van der Waals surface area contributed by atoms with Gasteiger partial charge in [-0.2, -0.15) is 0 Å². The van der Waals surface area contributed by atoms with Crippen molar-refractivity contribution in [1.82, 2.24) is 5.32 Å². The molecule has 1 atom stereocenters. The summed E-state index contributed by atoms with van der Waals surface area (Å²) in [5.74, 6) is 7.75. The number of hydrogen-bond donors (Lipinski definition) is 1. The molecular formula is C15H23N. The van der Waals surface area contributed by atoms with Gasteiger partial charge in [0.15, 0.2) is 0 Å². The molecule has 0 aliphatic heterocycles.